The normalized spacial score (nSPS) is 20.2. The molecule has 0 aromatic rings. The molecule has 1 amide bonds. The minimum atomic E-state index is -0.500. The van der Waals surface area contributed by atoms with E-state index in [2.05, 4.69) is 9.73 Å². The zero-order valence-corrected chi connectivity index (χ0v) is 10.7. The van der Waals surface area contributed by atoms with Crippen molar-refractivity contribution < 1.29 is 14.3 Å². The van der Waals surface area contributed by atoms with Gasteiger partial charge in [-0.15, -0.1) is 0 Å². The van der Waals surface area contributed by atoms with Crippen LogP contribution in [0, 0.1) is 0 Å². The van der Waals surface area contributed by atoms with Crippen LogP contribution in [0.15, 0.2) is 4.99 Å². The number of rotatable bonds is 4. The Morgan fingerprint density at radius 1 is 1.65 bits per heavy atom. The van der Waals surface area contributed by atoms with Crippen LogP contribution in [0.1, 0.15) is 13.3 Å². The second kappa shape index (κ2) is 5.65. The smallest absolute Gasteiger partial charge is 0.409 e. The molecule has 6 heteroatoms. The van der Waals surface area contributed by atoms with Crippen molar-refractivity contribution >= 4 is 18.2 Å². The van der Waals surface area contributed by atoms with Crippen molar-refractivity contribution in [3.8, 4) is 0 Å². The summed E-state index contributed by atoms with van der Waals surface area (Å²) in [4.78, 5) is 30.5. The van der Waals surface area contributed by atoms with Crippen LogP contribution in [0.3, 0.4) is 0 Å². The molecule has 0 bridgehead atoms. The first-order valence-electron chi connectivity index (χ1n) is 5.50. The Kier molecular flexibility index (Phi) is 4.48. The van der Waals surface area contributed by atoms with Crippen LogP contribution in [-0.2, 0) is 9.53 Å². The lowest BCUT2D eigenvalue weighted by molar-refractivity contribution is -0.121. The van der Waals surface area contributed by atoms with Crippen LogP contribution >= 0.6 is 0 Å². The SMILES string of the molecule is COC(=O)N(C)[C@@H](CC1CN(C)C=N1)C(C)=O. The molecule has 0 N–H and O–H groups in total. The average Bonchev–Trinajstić information content (AvgIpc) is 2.69. The van der Waals surface area contributed by atoms with Gasteiger partial charge in [0.1, 0.15) is 0 Å². The van der Waals surface area contributed by atoms with Gasteiger partial charge >= 0.3 is 6.09 Å². The molecule has 1 aliphatic heterocycles. The van der Waals surface area contributed by atoms with Crippen molar-refractivity contribution in [3.05, 3.63) is 0 Å². The number of carbonyl (C=O) groups excluding carboxylic acids is 2. The zero-order chi connectivity index (χ0) is 13.0. The highest BCUT2D eigenvalue weighted by Crippen LogP contribution is 2.14. The van der Waals surface area contributed by atoms with Gasteiger partial charge in [0.15, 0.2) is 5.78 Å². The summed E-state index contributed by atoms with van der Waals surface area (Å²) in [6.07, 6.45) is 1.78. The number of methoxy groups -OCH3 is 1. The maximum atomic E-state index is 11.6. The molecule has 0 spiro atoms. The van der Waals surface area contributed by atoms with Crippen molar-refractivity contribution in [2.75, 3.05) is 27.7 Å². The summed E-state index contributed by atoms with van der Waals surface area (Å²) in [5, 5.41) is 0. The number of hydrogen-bond acceptors (Lipinski definition) is 5. The lowest BCUT2D eigenvalue weighted by atomic mass is 10.0. The van der Waals surface area contributed by atoms with Crippen molar-refractivity contribution in [3.63, 3.8) is 0 Å². The van der Waals surface area contributed by atoms with E-state index in [1.165, 1.54) is 18.9 Å². The molecule has 1 unspecified atom stereocenters. The van der Waals surface area contributed by atoms with Gasteiger partial charge in [-0.25, -0.2) is 4.79 Å². The molecule has 1 heterocycles. The van der Waals surface area contributed by atoms with E-state index in [1.54, 1.807) is 13.4 Å². The summed E-state index contributed by atoms with van der Waals surface area (Å²) in [6.45, 7) is 2.26. The molecule has 0 aromatic carbocycles. The van der Waals surface area contributed by atoms with Crippen LogP contribution in [0.4, 0.5) is 4.79 Å². The molecule has 0 aliphatic carbocycles. The van der Waals surface area contributed by atoms with Gasteiger partial charge in [-0.1, -0.05) is 0 Å². The number of hydrogen-bond donors (Lipinski definition) is 0. The lowest BCUT2D eigenvalue weighted by Gasteiger charge is -2.26. The van der Waals surface area contributed by atoms with Crippen LogP contribution in [0.5, 0.6) is 0 Å². The lowest BCUT2D eigenvalue weighted by Crippen LogP contribution is -2.43. The first kappa shape index (κ1) is 13.5. The van der Waals surface area contributed by atoms with Crippen LogP contribution in [-0.4, -0.2) is 67.8 Å². The fourth-order valence-corrected chi connectivity index (χ4v) is 1.90. The standard InChI is InChI=1S/C11H19N3O3/c1-8(15)10(14(3)11(16)17-4)5-9-6-13(2)7-12-9/h7,9-10H,5-6H2,1-4H3/t9?,10-/m0/s1. The highest BCUT2D eigenvalue weighted by Gasteiger charge is 2.29. The third-order valence-corrected chi connectivity index (χ3v) is 2.87. The molecule has 0 saturated heterocycles. The molecule has 1 aliphatic rings. The van der Waals surface area contributed by atoms with E-state index < -0.39 is 12.1 Å². The topological polar surface area (TPSA) is 62.2 Å². The van der Waals surface area contributed by atoms with Crippen LogP contribution in [0.2, 0.25) is 0 Å². The summed E-state index contributed by atoms with van der Waals surface area (Å²) < 4.78 is 4.61. The van der Waals surface area contributed by atoms with Crippen molar-refractivity contribution in [2.24, 2.45) is 4.99 Å². The Hall–Kier alpha value is -1.59. The average molecular weight is 241 g/mol. The Morgan fingerprint density at radius 3 is 2.71 bits per heavy atom. The first-order chi connectivity index (χ1) is 7.95. The largest absolute Gasteiger partial charge is 0.453 e. The molecular formula is C11H19N3O3. The van der Waals surface area contributed by atoms with Gasteiger partial charge in [-0.2, -0.15) is 0 Å². The van der Waals surface area contributed by atoms with Gasteiger partial charge < -0.3 is 14.5 Å². The van der Waals surface area contributed by atoms with Crippen LogP contribution in [0.25, 0.3) is 0 Å². The Bertz CT molecular complexity index is 330. The predicted molar refractivity (Wildman–Crippen MR) is 64.2 cm³/mol. The summed E-state index contributed by atoms with van der Waals surface area (Å²) in [5.74, 6) is -0.0531. The number of carbonyl (C=O) groups is 2. The van der Waals surface area contributed by atoms with Gasteiger partial charge in [0, 0.05) is 20.6 Å². The molecule has 2 atom stereocenters. The van der Waals surface area contributed by atoms with E-state index in [1.807, 2.05) is 11.9 Å². The maximum absolute atomic E-state index is 11.6. The summed E-state index contributed by atoms with van der Waals surface area (Å²) >= 11 is 0. The van der Waals surface area contributed by atoms with E-state index >= 15 is 0 Å². The van der Waals surface area contributed by atoms with Gasteiger partial charge in [-0.3, -0.25) is 9.79 Å². The molecule has 0 radical (unpaired) electrons. The molecular weight excluding hydrogens is 222 g/mol. The molecule has 1 rings (SSSR count). The maximum Gasteiger partial charge on any atom is 0.409 e. The fourth-order valence-electron chi connectivity index (χ4n) is 1.90. The van der Waals surface area contributed by atoms with Crippen molar-refractivity contribution in [1.29, 1.82) is 0 Å². The van der Waals surface area contributed by atoms with E-state index in [-0.39, 0.29) is 11.8 Å². The Labute approximate surface area is 101 Å². The van der Waals surface area contributed by atoms with Crippen molar-refractivity contribution in [2.45, 2.75) is 25.4 Å². The van der Waals surface area contributed by atoms with Gasteiger partial charge in [0.25, 0.3) is 0 Å². The number of nitrogens with zero attached hydrogens (tertiary/aromatic N) is 3. The highest BCUT2D eigenvalue weighted by molar-refractivity contribution is 5.85. The van der Waals surface area contributed by atoms with E-state index in [4.69, 9.17) is 0 Å². The van der Waals surface area contributed by atoms with E-state index in [0.29, 0.717) is 6.42 Å². The molecule has 17 heavy (non-hydrogen) atoms. The highest BCUT2D eigenvalue weighted by atomic mass is 16.5. The summed E-state index contributed by atoms with van der Waals surface area (Å²) in [6, 6.07) is -0.419. The number of ketones is 1. The first-order valence-corrected chi connectivity index (χ1v) is 5.50. The van der Waals surface area contributed by atoms with Gasteiger partial charge in [0.2, 0.25) is 0 Å². The van der Waals surface area contributed by atoms with Crippen LogP contribution < -0.4 is 0 Å². The quantitative estimate of drug-likeness (QED) is 0.713. The fraction of sp³-hybridized carbons (Fsp3) is 0.727. The van der Waals surface area contributed by atoms with E-state index in [9.17, 15) is 9.59 Å². The predicted octanol–water partition coefficient (Wildman–Crippen LogP) is 0.375. The van der Waals surface area contributed by atoms with Crippen molar-refractivity contribution in [1.82, 2.24) is 9.80 Å². The van der Waals surface area contributed by atoms with E-state index in [0.717, 1.165) is 6.54 Å². The number of amides is 1. The molecule has 0 aromatic heterocycles. The van der Waals surface area contributed by atoms with Gasteiger partial charge in [0.05, 0.1) is 25.5 Å². The Morgan fingerprint density at radius 2 is 2.29 bits per heavy atom. The number of likely N-dealkylation sites (N-methyl/N-ethyl adjacent to an activating group) is 2. The molecule has 0 fully saturated rings. The number of Topliss-reactive ketones (excluding diaryl/α,β-unsaturated/α-hetero) is 1. The minimum Gasteiger partial charge on any atom is -0.453 e. The Balaban J connectivity index is 2.64. The monoisotopic (exact) mass is 241 g/mol. The summed E-state index contributed by atoms with van der Waals surface area (Å²) in [7, 11) is 4.80. The second-order valence-electron chi connectivity index (χ2n) is 4.30. The summed E-state index contributed by atoms with van der Waals surface area (Å²) in [5.41, 5.74) is 0. The minimum absolute atomic E-state index is 0.0531. The third kappa shape index (κ3) is 3.44. The number of ether oxygens (including phenoxy) is 1. The molecule has 96 valence electrons. The second-order valence-corrected chi connectivity index (χ2v) is 4.30. The van der Waals surface area contributed by atoms with Gasteiger partial charge in [-0.05, 0) is 13.3 Å². The number of aliphatic imine (C=N–C) groups is 1. The molecule has 0 saturated carbocycles. The third-order valence-electron chi connectivity index (χ3n) is 2.87. The molecule has 6 nitrogen and oxygen atoms in total. The zero-order valence-electron chi connectivity index (χ0n) is 10.7.